The smallest absolute Gasteiger partial charge is 0.306 e. The molecule has 386 valence electrons. The molecule has 0 bridgehead atoms. The number of hydrogen-bond donors (Lipinski definition) is 0. The number of carbonyl (C=O) groups excluding carboxylic acids is 3. The summed E-state index contributed by atoms with van der Waals surface area (Å²) in [5.41, 5.74) is 0. The second-order valence-corrected chi connectivity index (χ2v) is 18.1. The van der Waals surface area contributed by atoms with Crippen LogP contribution < -0.4 is 0 Å². The molecule has 0 N–H and O–H groups in total. The van der Waals surface area contributed by atoms with E-state index in [-0.39, 0.29) is 31.1 Å². The summed E-state index contributed by atoms with van der Waals surface area (Å²) < 4.78 is 16.8. The number of allylic oxidation sites excluding steroid dienone is 18. The average molecular weight is 943 g/mol. The van der Waals surface area contributed by atoms with Crippen LogP contribution in [0.15, 0.2) is 109 Å². The molecule has 0 aliphatic carbocycles. The molecule has 0 unspecified atom stereocenters. The van der Waals surface area contributed by atoms with Crippen LogP contribution in [-0.4, -0.2) is 37.2 Å². The third kappa shape index (κ3) is 53.0. The average Bonchev–Trinajstić information content (AvgIpc) is 3.34. The number of esters is 3. The first kappa shape index (κ1) is 64.1. The molecule has 0 aromatic rings. The van der Waals surface area contributed by atoms with Gasteiger partial charge in [-0.2, -0.15) is 0 Å². The Morgan fingerprint density at radius 1 is 0.309 bits per heavy atom. The minimum absolute atomic E-state index is 0.103. The zero-order valence-electron chi connectivity index (χ0n) is 44.1. The molecule has 0 aromatic heterocycles. The van der Waals surface area contributed by atoms with Crippen LogP contribution in [0, 0.1) is 0 Å². The standard InChI is InChI=1S/C62H102O6/c1-4-7-10-13-16-19-22-25-28-30-31-32-35-37-40-43-46-49-52-55-61(64)67-58-59(57-66-60(63)54-51-48-45-42-39-36-33-27-24-21-18-15-12-9-6-3)68-62(65)56-53-50-47-44-41-38-34-29-26-23-20-17-14-11-8-5-2/h7,9-10,12,16,18-19,21,25,27-29,31-34,37,40,59H,4-6,8,11,13-15,17,20,22-24,26,30,35-36,38-39,41-58H2,1-3H3/b10-7-,12-9-,19-16-,21-18-,28-25-,32-31-,33-27-,34-29-,40-37-/t59-/m1/s1. The van der Waals surface area contributed by atoms with Crippen molar-refractivity contribution in [3.8, 4) is 0 Å². The number of carbonyl (C=O) groups is 3. The second kappa shape index (κ2) is 55.7. The molecule has 0 heterocycles. The van der Waals surface area contributed by atoms with E-state index in [1.54, 1.807) is 0 Å². The van der Waals surface area contributed by atoms with Crippen LogP contribution in [0.2, 0.25) is 0 Å². The molecule has 0 spiro atoms. The van der Waals surface area contributed by atoms with Gasteiger partial charge in [-0.05, 0) is 122 Å². The maximum Gasteiger partial charge on any atom is 0.306 e. The first-order valence-electron chi connectivity index (χ1n) is 27.9. The number of ether oxygens (including phenoxy) is 3. The lowest BCUT2D eigenvalue weighted by atomic mass is 10.1. The molecular weight excluding hydrogens is 841 g/mol. The van der Waals surface area contributed by atoms with Crippen LogP contribution in [0.3, 0.4) is 0 Å². The van der Waals surface area contributed by atoms with Crippen molar-refractivity contribution in [1.82, 2.24) is 0 Å². The predicted octanol–water partition coefficient (Wildman–Crippen LogP) is 18.7. The molecular formula is C62H102O6. The fraction of sp³-hybridized carbons (Fsp3) is 0.661. The Morgan fingerprint density at radius 2 is 0.574 bits per heavy atom. The van der Waals surface area contributed by atoms with Crippen molar-refractivity contribution < 1.29 is 28.6 Å². The third-order valence-electron chi connectivity index (χ3n) is 11.5. The van der Waals surface area contributed by atoms with Gasteiger partial charge in [-0.15, -0.1) is 0 Å². The third-order valence-corrected chi connectivity index (χ3v) is 11.5. The van der Waals surface area contributed by atoms with E-state index in [9.17, 15) is 14.4 Å². The Kier molecular flexibility index (Phi) is 52.4. The summed E-state index contributed by atoms with van der Waals surface area (Å²) in [4.78, 5) is 38.1. The minimum Gasteiger partial charge on any atom is -0.462 e. The second-order valence-electron chi connectivity index (χ2n) is 18.1. The van der Waals surface area contributed by atoms with E-state index in [0.29, 0.717) is 19.3 Å². The van der Waals surface area contributed by atoms with E-state index in [2.05, 4.69) is 130 Å². The van der Waals surface area contributed by atoms with Gasteiger partial charge in [-0.1, -0.05) is 214 Å². The lowest BCUT2D eigenvalue weighted by molar-refractivity contribution is -0.167. The van der Waals surface area contributed by atoms with E-state index in [0.717, 1.165) is 148 Å². The first-order valence-corrected chi connectivity index (χ1v) is 27.9. The van der Waals surface area contributed by atoms with Crippen molar-refractivity contribution in [1.29, 1.82) is 0 Å². The van der Waals surface area contributed by atoms with Crippen molar-refractivity contribution in [2.75, 3.05) is 13.2 Å². The largest absolute Gasteiger partial charge is 0.462 e. The monoisotopic (exact) mass is 943 g/mol. The zero-order chi connectivity index (χ0) is 49.3. The molecule has 0 saturated carbocycles. The van der Waals surface area contributed by atoms with Crippen molar-refractivity contribution in [3.05, 3.63) is 109 Å². The summed E-state index contributed by atoms with van der Waals surface area (Å²) in [5.74, 6) is -0.960. The summed E-state index contributed by atoms with van der Waals surface area (Å²) in [6, 6.07) is 0. The summed E-state index contributed by atoms with van der Waals surface area (Å²) in [7, 11) is 0. The van der Waals surface area contributed by atoms with Gasteiger partial charge in [-0.3, -0.25) is 14.4 Å². The van der Waals surface area contributed by atoms with E-state index in [1.807, 2.05) is 0 Å². The highest BCUT2D eigenvalue weighted by Crippen LogP contribution is 2.14. The maximum absolute atomic E-state index is 12.8. The summed E-state index contributed by atoms with van der Waals surface area (Å²) in [5, 5.41) is 0. The van der Waals surface area contributed by atoms with E-state index >= 15 is 0 Å². The number of unbranched alkanes of at least 4 members (excludes halogenated alkanes) is 20. The molecule has 0 rings (SSSR count). The lowest BCUT2D eigenvalue weighted by Crippen LogP contribution is -2.30. The van der Waals surface area contributed by atoms with Gasteiger partial charge in [0, 0.05) is 19.3 Å². The summed E-state index contributed by atoms with van der Waals surface area (Å²) >= 11 is 0. The first-order chi connectivity index (χ1) is 33.5. The van der Waals surface area contributed by atoms with Gasteiger partial charge < -0.3 is 14.2 Å². The van der Waals surface area contributed by atoms with Gasteiger partial charge in [0.1, 0.15) is 13.2 Å². The Balaban J connectivity index is 4.50. The van der Waals surface area contributed by atoms with Gasteiger partial charge in [0.25, 0.3) is 0 Å². The van der Waals surface area contributed by atoms with Crippen LogP contribution in [0.5, 0.6) is 0 Å². The molecule has 0 aromatic carbocycles. The SMILES string of the molecule is CC/C=C\C/C=C\C/C=C\C/C=C\C/C=C\CCCCCC(=O)OC[C@@H](COC(=O)CCCCCCC/C=C\C/C=C\C/C=C\CC)OC(=O)CCCCCCC/C=C\CCCCCCCCC. The van der Waals surface area contributed by atoms with Crippen molar-refractivity contribution in [2.24, 2.45) is 0 Å². The molecule has 0 amide bonds. The molecule has 1 atom stereocenters. The quantitative estimate of drug-likeness (QED) is 0.0262. The Labute approximate surface area is 419 Å². The van der Waals surface area contributed by atoms with Gasteiger partial charge in [-0.25, -0.2) is 0 Å². The van der Waals surface area contributed by atoms with E-state index < -0.39 is 6.10 Å². The zero-order valence-corrected chi connectivity index (χ0v) is 44.1. The minimum atomic E-state index is -0.806. The molecule has 0 aliphatic rings. The fourth-order valence-corrected chi connectivity index (χ4v) is 7.36. The van der Waals surface area contributed by atoms with Gasteiger partial charge in [0.2, 0.25) is 0 Å². The van der Waals surface area contributed by atoms with Crippen LogP contribution >= 0.6 is 0 Å². The summed E-state index contributed by atoms with van der Waals surface area (Å²) in [6.45, 7) is 6.36. The Bertz CT molecular complexity index is 1410. The molecule has 6 heteroatoms. The molecule has 6 nitrogen and oxygen atoms in total. The lowest BCUT2D eigenvalue weighted by Gasteiger charge is -2.18. The van der Waals surface area contributed by atoms with Crippen LogP contribution in [0.4, 0.5) is 0 Å². The van der Waals surface area contributed by atoms with Gasteiger partial charge in [0.05, 0.1) is 0 Å². The van der Waals surface area contributed by atoms with Crippen molar-refractivity contribution >= 4 is 17.9 Å². The number of rotatable bonds is 49. The normalized spacial score (nSPS) is 12.9. The molecule has 0 fully saturated rings. The Morgan fingerprint density at radius 3 is 0.926 bits per heavy atom. The highest BCUT2D eigenvalue weighted by atomic mass is 16.6. The highest BCUT2D eigenvalue weighted by molar-refractivity contribution is 5.71. The predicted molar refractivity (Wildman–Crippen MR) is 293 cm³/mol. The van der Waals surface area contributed by atoms with Gasteiger partial charge in [0.15, 0.2) is 6.10 Å². The molecule has 0 aliphatic heterocycles. The van der Waals surface area contributed by atoms with Crippen LogP contribution in [0.25, 0.3) is 0 Å². The van der Waals surface area contributed by atoms with Crippen molar-refractivity contribution in [3.63, 3.8) is 0 Å². The van der Waals surface area contributed by atoms with Crippen LogP contribution in [0.1, 0.15) is 245 Å². The fourth-order valence-electron chi connectivity index (χ4n) is 7.36. The molecule has 0 saturated heterocycles. The van der Waals surface area contributed by atoms with E-state index in [4.69, 9.17) is 14.2 Å². The number of hydrogen-bond acceptors (Lipinski definition) is 6. The maximum atomic E-state index is 12.8. The van der Waals surface area contributed by atoms with Gasteiger partial charge >= 0.3 is 17.9 Å². The van der Waals surface area contributed by atoms with Crippen LogP contribution in [-0.2, 0) is 28.6 Å². The molecule has 0 radical (unpaired) electrons. The van der Waals surface area contributed by atoms with Crippen molar-refractivity contribution in [2.45, 2.75) is 252 Å². The Hall–Kier alpha value is -3.93. The highest BCUT2D eigenvalue weighted by Gasteiger charge is 2.19. The molecule has 68 heavy (non-hydrogen) atoms. The topological polar surface area (TPSA) is 78.9 Å². The van der Waals surface area contributed by atoms with E-state index in [1.165, 1.54) is 57.8 Å². The summed E-state index contributed by atoms with van der Waals surface area (Å²) in [6.07, 6.45) is 75.0.